The van der Waals surface area contributed by atoms with Crippen molar-refractivity contribution in [3.05, 3.63) is 0 Å². The highest BCUT2D eigenvalue weighted by atomic mass is 16.8. The van der Waals surface area contributed by atoms with Crippen molar-refractivity contribution in [1.82, 2.24) is 0 Å². The molecule has 20 N–H and O–H groups in total. The highest BCUT2D eigenvalue weighted by molar-refractivity contribution is 4.97. The van der Waals surface area contributed by atoms with Crippen LogP contribution in [0.2, 0.25) is 0 Å². The van der Waals surface area contributed by atoms with Gasteiger partial charge in [0, 0.05) is 0 Å². The zero-order valence-electron chi connectivity index (χ0n) is 35.0. The molecule has 6 aliphatic heterocycles. The Labute approximate surface area is 378 Å². The van der Waals surface area contributed by atoms with Gasteiger partial charge in [-0.3, -0.25) is 0 Å². The van der Waals surface area contributed by atoms with Crippen LogP contribution in [0, 0.1) is 0 Å². The van der Waals surface area contributed by atoms with Gasteiger partial charge in [0.2, 0.25) is 0 Å². The third-order valence-corrected chi connectivity index (χ3v) is 12.4. The van der Waals surface area contributed by atoms with Crippen LogP contribution in [0.5, 0.6) is 0 Å². The van der Waals surface area contributed by atoms with Crippen molar-refractivity contribution in [2.75, 3.05) is 39.6 Å². The number of rotatable bonds is 16. The number of hydrogen-bond acceptors (Lipinski definition) is 31. The first-order valence-electron chi connectivity index (χ1n) is 21.1. The van der Waals surface area contributed by atoms with Crippen LogP contribution in [-0.4, -0.2) is 326 Å². The summed E-state index contributed by atoms with van der Waals surface area (Å²) in [5.74, 6) is 0. The second-order valence-corrected chi connectivity index (χ2v) is 16.9. The predicted molar refractivity (Wildman–Crippen MR) is 199 cm³/mol. The maximum Gasteiger partial charge on any atom is 0.187 e. The molecular formula is C36H62O31. The lowest BCUT2D eigenvalue weighted by Crippen LogP contribution is -2.65. The molecule has 0 aromatic carbocycles. The van der Waals surface area contributed by atoms with Gasteiger partial charge in [-0.15, -0.1) is 0 Å². The van der Waals surface area contributed by atoms with Gasteiger partial charge in [-0.1, -0.05) is 0 Å². The highest BCUT2D eigenvalue weighted by Crippen LogP contribution is 2.33. The van der Waals surface area contributed by atoms with E-state index in [1.165, 1.54) is 0 Å². The van der Waals surface area contributed by atoms with Crippen LogP contribution in [0.15, 0.2) is 0 Å². The van der Waals surface area contributed by atoms with Crippen molar-refractivity contribution in [2.24, 2.45) is 0 Å². The fourth-order valence-corrected chi connectivity index (χ4v) is 8.16. The molecule has 6 aliphatic rings. The molecule has 31 heteroatoms. The summed E-state index contributed by atoms with van der Waals surface area (Å²) in [5, 5.41) is 208. The van der Waals surface area contributed by atoms with Crippen LogP contribution in [0.1, 0.15) is 0 Å². The molecule has 392 valence electrons. The molecule has 0 aliphatic carbocycles. The van der Waals surface area contributed by atoms with E-state index in [2.05, 4.69) is 0 Å². The second-order valence-electron chi connectivity index (χ2n) is 16.9. The summed E-state index contributed by atoms with van der Waals surface area (Å²) in [6, 6.07) is 0. The number of hydrogen-bond donors (Lipinski definition) is 20. The molecule has 0 radical (unpaired) electrons. The van der Waals surface area contributed by atoms with Crippen LogP contribution in [-0.2, 0) is 52.1 Å². The van der Waals surface area contributed by atoms with Gasteiger partial charge in [-0.2, -0.15) is 0 Å². The molecule has 0 unspecified atom stereocenters. The van der Waals surface area contributed by atoms with Gasteiger partial charge in [-0.25, -0.2) is 0 Å². The van der Waals surface area contributed by atoms with Crippen LogP contribution in [0.25, 0.3) is 0 Å². The van der Waals surface area contributed by atoms with Crippen LogP contribution in [0.4, 0.5) is 0 Å². The normalized spacial score (nSPS) is 53.4. The molecule has 6 saturated heterocycles. The van der Waals surface area contributed by atoms with E-state index in [1.807, 2.05) is 0 Å². The van der Waals surface area contributed by atoms with Crippen molar-refractivity contribution in [3.8, 4) is 0 Å². The van der Waals surface area contributed by atoms with E-state index >= 15 is 0 Å². The summed E-state index contributed by atoms with van der Waals surface area (Å²) < 4.78 is 60.2. The molecule has 0 amide bonds. The third kappa shape index (κ3) is 11.7. The van der Waals surface area contributed by atoms with Crippen molar-refractivity contribution >= 4 is 0 Å². The van der Waals surface area contributed by atoms with Gasteiger partial charge in [0.1, 0.15) is 146 Å². The Kier molecular flexibility index (Phi) is 19.4. The monoisotopic (exact) mass is 990 g/mol. The first-order chi connectivity index (χ1) is 31.6. The fraction of sp³-hybridized carbons (Fsp3) is 1.00. The minimum absolute atomic E-state index is 0.799. The maximum absolute atomic E-state index is 10.9. The average Bonchev–Trinajstić information content (AvgIpc) is 3.31. The largest absolute Gasteiger partial charge is 0.394 e. The Balaban J connectivity index is 1.06. The number of aliphatic hydroxyl groups excluding tert-OH is 20. The SMILES string of the molecule is OC[C@H]1O[C@H](O)[C@H](O[C@H]2O[C@H](CO[C@H]3O[C@H](CO[C@H]4O[C@H](CO[C@H]5O[C@H](CO)[C@H](O)[C@H](O)[C@H]5O[C@H]5O[C@H](CO)[C@@H](O)[C@H](O)[C@H]5O)[C@H](O)[C@H](O)[C@H]4O)[C@@H](O)[C@H](O)[C@H]3O)[C@H](O)[C@H](O)[C@H]2O)[C@@H](O)[C@H]1O. The molecule has 6 rings (SSSR count). The van der Waals surface area contributed by atoms with E-state index < -0.39 is 224 Å². The Hall–Kier alpha value is -1.24. The minimum Gasteiger partial charge on any atom is -0.394 e. The Morgan fingerprint density at radius 1 is 0.254 bits per heavy atom. The zero-order valence-corrected chi connectivity index (χ0v) is 35.0. The van der Waals surface area contributed by atoms with Gasteiger partial charge < -0.3 is 154 Å². The van der Waals surface area contributed by atoms with Gasteiger partial charge in [0.25, 0.3) is 0 Å². The average molecular weight is 991 g/mol. The van der Waals surface area contributed by atoms with Crippen molar-refractivity contribution in [3.63, 3.8) is 0 Å². The lowest BCUT2D eigenvalue weighted by atomic mass is 9.97. The molecule has 0 bridgehead atoms. The van der Waals surface area contributed by atoms with Crippen molar-refractivity contribution in [2.45, 2.75) is 184 Å². The lowest BCUT2D eigenvalue weighted by Gasteiger charge is -2.46. The molecule has 67 heavy (non-hydrogen) atoms. The van der Waals surface area contributed by atoms with Crippen LogP contribution >= 0.6 is 0 Å². The first kappa shape index (κ1) is 55.1. The quantitative estimate of drug-likeness (QED) is 0.0683. The maximum atomic E-state index is 10.9. The van der Waals surface area contributed by atoms with E-state index in [0.717, 1.165) is 0 Å². The molecule has 0 spiro atoms. The van der Waals surface area contributed by atoms with E-state index in [0.29, 0.717) is 0 Å². The number of aliphatic hydroxyl groups is 20. The molecule has 30 atom stereocenters. The summed E-state index contributed by atoms with van der Waals surface area (Å²) in [6.07, 6.45) is -55.6. The zero-order chi connectivity index (χ0) is 49.3. The molecule has 0 aromatic heterocycles. The lowest BCUT2D eigenvalue weighted by molar-refractivity contribution is -0.374. The molecule has 0 aromatic rings. The van der Waals surface area contributed by atoms with Gasteiger partial charge in [-0.05, 0) is 0 Å². The molecule has 6 heterocycles. The summed E-state index contributed by atoms with van der Waals surface area (Å²) in [4.78, 5) is 0. The van der Waals surface area contributed by atoms with Crippen LogP contribution in [0.3, 0.4) is 0 Å². The standard InChI is InChI=1S/C36H62O31/c37-1-7-14(41)23(50)29(31(56)60-7)66-35-28(55)22(49)18(45)12(65-35)5-58-33-25(52)20(47)16(43)10(63-33)4-57-32-26(53)21(48)17(44)11(64-32)6-59-36-30(24(51)15(42)9(3-39)62-36)67-34-27(54)19(46)13(40)8(2-38)61-34/h7-56H,1-6H2/t7-,8-,9-,10-,11-,12-,13-,14+,15+,16-,17+,18+,19+,20+,21+,22+,23+,24+,25-,26-,27-,28-,29-,30-,31+,32+,33+,34-,35-,36+/m1/s1. The Morgan fingerprint density at radius 3 is 0.925 bits per heavy atom. The van der Waals surface area contributed by atoms with E-state index in [-0.39, 0.29) is 0 Å². The number of ether oxygens (including phenoxy) is 11. The summed E-state index contributed by atoms with van der Waals surface area (Å²) in [5.41, 5.74) is 0. The first-order valence-corrected chi connectivity index (χ1v) is 21.1. The Bertz CT molecular complexity index is 1510. The van der Waals surface area contributed by atoms with Crippen molar-refractivity contribution < 1.29 is 154 Å². The fourth-order valence-electron chi connectivity index (χ4n) is 8.16. The second kappa shape index (κ2) is 23.5. The highest BCUT2D eigenvalue weighted by Gasteiger charge is 2.54. The minimum atomic E-state index is -2.04. The van der Waals surface area contributed by atoms with E-state index in [1.54, 1.807) is 0 Å². The Morgan fingerprint density at radius 2 is 0.522 bits per heavy atom. The predicted octanol–water partition coefficient (Wildman–Crippen LogP) is -14.1. The van der Waals surface area contributed by atoms with Crippen molar-refractivity contribution in [1.29, 1.82) is 0 Å². The summed E-state index contributed by atoms with van der Waals surface area (Å²) >= 11 is 0. The van der Waals surface area contributed by atoms with E-state index in [9.17, 15) is 102 Å². The van der Waals surface area contributed by atoms with Crippen LogP contribution < -0.4 is 0 Å². The third-order valence-electron chi connectivity index (χ3n) is 12.4. The molecule has 31 nitrogen and oxygen atoms in total. The smallest absolute Gasteiger partial charge is 0.187 e. The van der Waals surface area contributed by atoms with Gasteiger partial charge in [0.15, 0.2) is 37.7 Å². The summed E-state index contributed by atoms with van der Waals surface area (Å²) in [7, 11) is 0. The molecule has 6 fully saturated rings. The van der Waals surface area contributed by atoms with Gasteiger partial charge in [0.05, 0.1) is 39.6 Å². The van der Waals surface area contributed by atoms with E-state index in [4.69, 9.17) is 52.1 Å². The topological polar surface area (TPSA) is 506 Å². The molecular weight excluding hydrogens is 928 g/mol. The summed E-state index contributed by atoms with van der Waals surface area (Å²) in [6.45, 7) is -5.00. The van der Waals surface area contributed by atoms with Gasteiger partial charge >= 0.3 is 0 Å². The molecule has 0 saturated carbocycles.